The number of benzene rings is 2. The van der Waals surface area contributed by atoms with Crippen molar-refractivity contribution in [3.63, 3.8) is 0 Å². The van der Waals surface area contributed by atoms with Crippen LogP contribution in [0.4, 0.5) is 0 Å². The van der Waals surface area contributed by atoms with Gasteiger partial charge in [0.25, 0.3) is 5.91 Å². The van der Waals surface area contributed by atoms with Crippen molar-refractivity contribution in [1.29, 1.82) is 0 Å². The van der Waals surface area contributed by atoms with E-state index in [9.17, 15) is 4.79 Å². The molecule has 0 spiro atoms. The highest BCUT2D eigenvalue weighted by Gasteiger charge is 2.17. The lowest BCUT2D eigenvalue weighted by molar-refractivity contribution is 0.0948. The van der Waals surface area contributed by atoms with Gasteiger partial charge in [0.15, 0.2) is 0 Å². The second-order valence-electron chi connectivity index (χ2n) is 6.69. The summed E-state index contributed by atoms with van der Waals surface area (Å²) in [7, 11) is 0. The van der Waals surface area contributed by atoms with Crippen LogP contribution in [-0.4, -0.2) is 22.4 Å². The van der Waals surface area contributed by atoms with Gasteiger partial charge in [0, 0.05) is 28.4 Å². The van der Waals surface area contributed by atoms with Crippen LogP contribution >= 0.6 is 23.2 Å². The Labute approximate surface area is 172 Å². The van der Waals surface area contributed by atoms with Gasteiger partial charge in [-0.05, 0) is 30.7 Å². The summed E-state index contributed by atoms with van der Waals surface area (Å²) in [6.07, 6.45) is 1.95. The number of amides is 1. The fraction of sp³-hybridized carbons (Fsp3) is 0.182. The van der Waals surface area contributed by atoms with Gasteiger partial charge in [0.2, 0.25) is 0 Å². The lowest BCUT2D eigenvalue weighted by Crippen LogP contribution is -2.25. The first kappa shape index (κ1) is 18.8. The summed E-state index contributed by atoms with van der Waals surface area (Å²) in [5, 5.41) is 5.87. The highest BCUT2D eigenvalue weighted by Crippen LogP contribution is 2.35. The van der Waals surface area contributed by atoms with Crippen molar-refractivity contribution < 1.29 is 4.79 Å². The average Bonchev–Trinajstić information content (AvgIpc) is 3.08. The summed E-state index contributed by atoms with van der Waals surface area (Å²) < 4.78 is 0. The summed E-state index contributed by atoms with van der Waals surface area (Å²) in [6.45, 7) is 2.72. The van der Waals surface area contributed by atoms with E-state index in [1.807, 2.05) is 36.4 Å². The number of fused-ring (bicyclic) bond motifs is 3. The number of unbranched alkanes of at least 4 members (excludes halogenated alkanes) is 1. The standard InChI is InChI=1S/C22H19Cl2N3O/c1-2-3-10-25-22(28)19-12-15-14-6-4-5-7-18(14)26-21(15)20(27-19)13-8-9-16(23)17(24)11-13/h4-9,11-12,26H,2-3,10H2,1H3,(H,25,28). The molecule has 0 aliphatic heterocycles. The number of aromatic amines is 1. The quantitative estimate of drug-likeness (QED) is 0.383. The molecule has 28 heavy (non-hydrogen) atoms. The predicted molar refractivity (Wildman–Crippen MR) is 116 cm³/mol. The molecule has 0 aliphatic carbocycles. The van der Waals surface area contributed by atoms with E-state index in [4.69, 9.17) is 23.2 Å². The van der Waals surface area contributed by atoms with E-state index >= 15 is 0 Å². The Balaban J connectivity index is 1.93. The van der Waals surface area contributed by atoms with Crippen LogP contribution in [0.1, 0.15) is 30.3 Å². The first-order valence-electron chi connectivity index (χ1n) is 9.23. The first-order chi connectivity index (χ1) is 13.6. The summed E-state index contributed by atoms with van der Waals surface area (Å²) >= 11 is 12.3. The number of H-pyrrole nitrogens is 1. The molecule has 0 bridgehead atoms. The van der Waals surface area contributed by atoms with Crippen molar-refractivity contribution in [3.05, 3.63) is 64.3 Å². The first-order valence-corrected chi connectivity index (χ1v) is 9.99. The van der Waals surface area contributed by atoms with Crippen molar-refractivity contribution in [2.24, 2.45) is 0 Å². The molecule has 0 saturated carbocycles. The van der Waals surface area contributed by atoms with Crippen LogP contribution < -0.4 is 5.32 Å². The Bertz CT molecular complexity index is 1180. The maximum atomic E-state index is 12.7. The summed E-state index contributed by atoms with van der Waals surface area (Å²) in [5.41, 5.74) is 3.71. The van der Waals surface area contributed by atoms with Gasteiger partial charge in [-0.25, -0.2) is 4.98 Å². The van der Waals surface area contributed by atoms with Crippen molar-refractivity contribution in [2.45, 2.75) is 19.8 Å². The Morgan fingerprint density at radius 1 is 1.07 bits per heavy atom. The Morgan fingerprint density at radius 3 is 2.68 bits per heavy atom. The number of aromatic nitrogens is 2. The molecule has 0 saturated heterocycles. The molecular formula is C22H19Cl2N3O. The number of hydrogen-bond donors (Lipinski definition) is 2. The van der Waals surface area contributed by atoms with Crippen LogP contribution in [0.15, 0.2) is 48.5 Å². The van der Waals surface area contributed by atoms with E-state index in [0.29, 0.717) is 28.0 Å². The van der Waals surface area contributed by atoms with Gasteiger partial charge < -0.3 is 10.3 Å². The molecule has 0 atom stereocenters. The molecule has 2 N–H and O–H groups in total. The van der Waals surface area contributed by atoms with Gasteiger partial charge in [-0.2, -0.15) is 0 Å². The minimum atomic E-state index is -0.179. The lowest BCUT2D eigenvalue weighted by atomic mass is 10.1. The molecule has 4 aromatic rings. The maximum Gasteiger partial charge on any atom is 0.269 e. The zero-order chi connectivity index (χ0) is 19.7. The summed E-state index contributed by atoms with van der Waals surface area (Å²) in [5.74, 6) is -0.179. The molecule has 1 amide bonds. The zero-order valence-electron chi connectivity index (χ0n) is 15.4. The molecule has 0 unspecified atom stereocenters. The number of rotatable bonds is 5. The van der Waals surface area contributed by atoms with E-state index in [-0.39, 0.29) is 5.91 Å². The van der Waals surface area contributed by atoms with E-state index < -0.39 is 0 Å². The molecule has 6 heteroatoms. The number of nitrogens with one attached hydrogen (secondary N) is 2. The fourth-order valence-corrected chi connectivity index (χ4v) is 3.58. The van der Waals surface area contributed by atoms with Crippen molar-refractivity contribution >= 4 is 50.9 Å². The molecule has 0 aliphatic rings. The molecule has 2 aromatic heterocycles. The second kappa shape index (κ2) is 7.82. The number of para-hydroxylation sites is 1. The van der Waals surface area contributed by atoms with E-state index in [0.717, 1.165) is 40.2 Å². The third-order valence-electron chi connectivity index (χ3n) is 4.74. The highest BCUT2D eigenvalue weighted by molar-refractivity contribution is 6.42. The third-order valence-corrected chi connectivity index (χ3v) is 5.48. The van der Waals surface area contributed by atoms with Gasteiger partial charge in [0.05, 0.1) is 21.3 Å². The van der Waals surface area contributed by atoms with E-state index in [2.05, 4.69) is 22.2 Å². The maximum absolute atomic E-state index is 12.7. The summed E-state index contributed by atoms with van der Waals surface area (Å²) in [4.78, 5) is 20.8. The van der Waals surface area contributed by atoms with Gasteiger partial charge in [-0.15, -0.1) is 0 Å². The second-order valence-corrected chi connectivity index (χ2v) is 7.50. The molecule has 142 valence electrons. The molecule has 2 aromatic carbocycles. The van der Waals surface area contributed by atoms with Gasteiger partial charge in [-0.3, -0.25) is 4.79 Å². The number of carbonyl (C=O) groups excluding carboxylic acids is 1. The van der Waals surface area contributed by atoms with Crippen LogP contribution in [0, 0.1) is 0 Å². The summed E-state index contributed by atoms with van der Waals surface area (Å²) in [6, 6.07) is 15.2. The average molecular weight is 412 g/mol. The van der Waals surface area contributed by atoms with E-state index in [1.165, 1.54) is 0 Å². The Hall–Kier alpha value is -2.56. The largest absolute Gasteiger partial charge is 0.353 e. The third kappa shape index (κ3) is 3.46. The molecule has 4 rings (SSSR count). The van der Waals surface area contributed by atoms with Crippen LogP contribution in [0.2, 0.25) is 10.0 Å². The number of carbonyl (C=O) groups is 1. The number of nitrogens with zero attached hydrogens (tertiary/aromatic N) is 1. The molecule has 0 radical (unpaired) electrons. The SMILES string of the molecule is CCCCNC(=O)c1cc2c([nH]c3ccccc32)c(-c2ccc(Cl)c(Cl)c2)n1. The van der Waals surface area contributed by atoms with Crippen molar-refractivity contribution in [1.82, 2.24) is 15.3 Å². The molecule has 2 heterocycles. The zero-order valence-corrected chi connectivity index (χ0v) is 16.9. The number of pyridine rings is 1. The van der Waals surface area contributed by atoms with E-state index in [1.54, 1.807) is 12.1 Å². The Morgan fingerprint density at radius 2 is 1.89 bits per heavy atom. The monoisotopic (exact) mass is 411 g/mol. The lowest BCUT2D eigenvalue weighted by Gasteiger charge is -2.09. The van der Waals surface area contributed by atoms with Gasteiger partial charge in [0.1, 0.15) is 5.69 Å². The highest BCUT2D eigenvalue weighted by atomic mass is 35.5. The molecular weight excluding hydrogens is 393 g/mol. The fourth-order valence-electron chi connectivity index (χ4n) is 3.28. The van der Waals surface area contributed by atoms with Crippen LogP contribution in [0.3, 0.4) is 0 Å². The minimum Gasteiger partial charge on any atom is -0.353 e. The van der Waals surface area contributed by atoms with Crippen LogP contribution in [0.5, 0.6) is 0 Å². The normalized spacial score (nSPS) is 11.2. The minimum absolute atomic E-state index is 0.179. The number of hydrogen-bond acceptors (Lipinski definition) is 2. The van der Waals surface area contributed by atoms with Crippen LogP contribution in [-0.2, 0) is 0 Å². The molecule has 4 nitrogen and oxygen atoms in total. The van der Waals surface area contributed by atoms with Crippen molar-refractivity contribution in [2.75, 3.05) is 6.54 Å². The van der Waals surface area contributed by atoms with Crippen molar-refractivity contribution in [3.8, 4) is 11.3 Å². The van der Waals surface area contributed by atoms with Gasteiger partial charge >= 0.3 is 0 Å². The smallest absolute Gasteiger partial charge is 0.269 e. The number of halogens is 2. The topological polar surface area (TPSA) is 57.8 Å². The Kier molecular flexibility index (Phi) is 5.25. The predicted octanol–water partition coefficient (Wildman–Crippen LogP) is 6.22. The molecule has 0 fully saturated rings. The van der Waals surface area contributed by atoms with Crippen LogP contribution in [0.25, 0.3) is 33.1 Å². The van der Waals surface area contributed by atoms with Gasteiger partial charge in [-0.1, -0.05) is 60.8 Å².